The fourth-order valence-electron chi connectivity index (χ4n) is 4.36. The molecule has 0 spiro atoms. The number of benzene rings is 1. The summed E-state index contributed by atoms with van der Waals surface area (Å²) < 4.78 is 0. The largest absolute Gasteiger partial charge is 0.336 e. The number of rotatable bonds is 4. The summed E-state index contributed by atoms with van der Waals surface area (Å²) in [5.74, 6) is 0.258. The monoisotopic (exact) mass is 440 g/mol. The maximum absolute atomic E-state index is 13.2. The van der Waals surface area contributed by atoms with Crippen LogP contribution in [-0.4, -0.2) is 78.5 Å². The van der Waals surface area contributed by atoms with Crippen LogP contribution in [0.3, 0.4) is 0 Å². The molecular formula is C22H34Cl2N4O. The number of hydrogen-bond acceptors (Lipinski definition) is 4. The SMILES string of the molecule is C[C@H]1CN(CC(=O)N2CCN(Cc3ccc(Cl)c(Cl)c3)C[C@@H]2C(C)(C)C)CCN1. The molecule has 0 saturated carbocycles. The average molecular weight is 441 g/mol. The lowest BCUT2D eigenvalue weighted by Crippen LogP contribution is -2.61. The second-order valence-electron chi connectivity index (χ2n) is 9.54. The molecule has 1 aromatic carbocycles. The Morgan fingerprint density at radius 1 is 1.10 bits per heavy atom. The molecule has 1 amide bonds. The standard InChI is InChI=1S/C22H34Cl2N4O/c1-16-12-26(8-7-25-16)15-21(29)28-10-9-27(14-20(28)22(2,3)4)13-17-5-6-18(23)19(24)11-17/h5-6,11,16,20,25H,7-10,12-15H2,1-4H3/t16-,20+/m0/s1. The molecule has 0 unspecified atom stereocenters. The van der Waals surface area contributed by atoms with E-state index in [9.17, 15) is 4.79 Å². The highest BCUT2D eigenvalue weighted by Crippen LogP contribution is 2.29. The molecule has 0 aliphatic carbocycles. The van der Waals surface area contributed by atoms with Crippen LogP contribution in [0.25, 0.3) is 0 Å². The van der Waals surface area contributed by atoms with Gasteiger partial charge in [0.05, 0.1) is 16.6 Å². The molecule has 2 saturated heterocycles. The molecule has 2 atom stereocenters. The average Bonchev–Trinajstić information content (AvgIpc) is 2.64. The molecule has 2 heterocycles. The van der Waals surface area contributed by atoms with Crippen molar-refractivity contribution in [2.75, 3.05) is 45.8 Å². The Morgan fingerprint density at radius 3 is 2.52 bits per heavy atom. The van der Waals surface area contributed by atoms with Gasteiger partial charge in [0.15, 0.2) is 0 Å². The second kappa shape index (κ2) is 9.52. The van der Waals surface area contributed by atoms with Gasteiger partial charge in [-0.15, -0.1) is 0 Å². The smallest absolute Gasteiger partial charge is 0.237 e. The molecule has 2 fully saturated rings. The van der Waals surface area contributed by atoms with Gasteiger partial charge in [0.25, 0.3) is 0 Å². The van der Waals surface area contributed by atoms with Crippen molar-refractivity contribution in [3.8, 4) is 0 Å². The molecular weight excluding hydrogens is 407 g/mol. The molecule has 2 aliphatic rings. The zero-order valence-electron chi connectivity index (χ0n) is 18.0. The van der Waals surface area contributed by atoms with Crippen molar-refractivity contribution in [3.05, 3.63) is 33.8 Å². The topological polar surface area (TPSA) is 38.8 Å². The van der Waals surface area contributed by atoms with Crippen LogP contribution in [0.15, 0.2) is 18.2 Å². The minimum Gasteiger partial charge on any atom is -0.336 e. The summed E-state index contributed by atoms with van der Waals surface area (Å²) in [6.45, 7) is 15.5. The van der Waals surface area contributed by atoms with E-state index in [0.717, 1.165) is 51.4 Å². The van der Waals surface area contributed by atoms with Gasteiger partial charge in [-0.05, 0) is 30.0 Å². The van der Waals surface area contributed by atoms with Crippen molar-refractivity contribution in [1.29, 1.82) is 0 Å². The maximum Gasteiger partial charge on any atom is 0.237 e. The van der Waals surface area contributed by atoms with Crippen LogP contribution in [0.2, 0.25) is 10.0 Å². The van der Waals surface area contributed by atoms with Crippen molar-refractivity contribution in [3.63, 3.8) is 0 Å². The number of piperazine rings is 2. The molecule has 5 nitrogen and oxygen atoms in total. The number of halogens is 2. The molecule has 1 aromatic rings. The third-order valence-electron chi connectivity index (χ3n) is 5.99. The zero-order chi connectivity index (χ0) is 21.2. The number of carbonyl (C=O) groups is 1. The summed E-state index contributed by atoms with van der Waals surface area (Å²) in [5, 5.41) is 4.62. The zero-order valence-corrected chi connectivity index (χ0v) is 19.6. The van der Waals surface area contributed by atoms with Crippen molar-refractivity contribution in [2.24, 2.45) is 5.41 Å². The molecule has 3 rings (SSSR count). The van der Waals surface area contributed by atoms with Gasteiger partial charge < -0.3 is 10.2 Å². The van der Waals surface area contributed by atoms with Crippen molar-refractivity contribution >= 4 is 29.1 Å². The van der Waals surface area contributed by atoms with Gasteiger partial charge >= 0.3 is 0 Å². The van der Waals surface area contributed by atoms with Crippen molar-refractivity contribution in [1.82, 2.24) is 20.0 Å². The normalized spacial score (nSPS) is 24.7. The van der Waals surface area contributed by atoms with E-state index in [4.69, 9.17) is 23.2 Å². The van der Waals surface area contributed by atoms with Crippen LogP contribution in [0.5, 0.6) is 0 Å². The van der Waals surface area contributed by atoms with Gasteiger partial charge in [-0.25, -0.2) is 0 Å². The number of amides is 1. The lowest BCUT2D eigenvalue weighted by atomic mass is 9.84. The van der Waals surface area contributed by atoms with Crippen LogP contribution in [0.1, 0.15) is 33.3 Å². The Morgan fingerprint density at radius 2 is 1.86 bits per heavy atom. The first-order valence-corrected chi connectivity index (χ1v) is 11.3. The third-order valence-corrected chi connectivity index (χ3v) is 6.73. The Hall–Kier alpha value is -0.850. The first-order valence-electron chi connectivity index (χ1n) is 10.5. The number of hydrogen-bond donors (Lipinski definition) is 1. The van der Waals surface area contributed by atoms with E-state index in [1.807, 2.05) is 18.2 Å². The van der Waals surface area contributed by atoms with Crippen molar-refractivity contribution < 1.29 is 4.79 Å². The Balaban J connectivity index is 1.65. The minimum atomic E-state index is 0.0166. The van der Waals surface area contributed by atoms with E-state index < -0.39 is 0 Å². The van der Waals surface area contributed by atoms with E-state index in [1.165, 1.54) is 0 Å². The summed E-state index contributed by atoms with van der Waals surface area (Å²) >= 11 is 12.2. The van der Waals surface area contributed by atoms with E-state index >= 15 is 0 Å². The van der Waals surface area contributed by atoms with Gasteiger partial charge in [-0.3, -0.25) is 14.6 Å². The number of carbonyl (C=O) groups excluding carboxylic acids is 1. The van der Waals surface area contributed by atoms with Crippen LogP contribution < -0.4 is 5.32 Å². The quantitative estimate of drug-likeness (QED) is 0.778. The summed E-state index contributed by atoms with van der Waals surface area (Å²) in [4.78, 5) is 20.0. The predicted molar refractivity (Wildman–Crippen MR) is 121 cm³/mol. The van der Waals surface area contributed by atoms with E-state index in [-0.39, 0.29) is 17.4 Å². The molecule has 0 aromatic heterocycles. The van der Waals surface area contributed by atoms with Crippen molar-refractivity contribution in [2.45, 2.75) is 46.3 Å². The van der Waals surface area contributed by atoms with E-state index in [0.29, 0.717) is 22.6 Å². The van der Waals surface area contributed by atoms with Gasteiger partial charge in [0.1, 0.15) is 0 Å². The highest BCUT2D eigenvalue weighted by atomic mass is 35.5. The lowest BCUT2D eigenvalue weighted by Gasteiger charge is -2.48. The molecule has 7 heteroatoms. The van der Waals surface area contributed by atoms with Gasteiger partial charge in [0, 0.05) is 57.9 Å². The summed E-state index contributed by atoms with van der Waals surface area (Å²) in [6.07, 6.45) is 0. The molecule has 0 bridgehead atoms. The highest BCUT2D eigenvalue weighted by molar-refractivity contribution is 6.42. The summed E-state index contributed by atoms with van der Waals surface area (Å²) in [5.41, 5.74) is 1.17. The summed E-state index contributed by atoms with van der Waals surface area (Å²) in [6, 6.07) is 6.46. The third kappa shape index (κ3) is 6.08. The predicted octanol–water partition coefficient (Wildman–Crippen LogP) is 3.35. The number of nitrogens with one attached hydrogen (secondary N) is 1. The fourth-order valence-corrected chi connectivity index (χ4v) is 4.68. The summed E-state index contributed by atoms with van der Waals surface area (Å²) in [7, 11) is 0. The lowest BCUT2D eigenvalue weighted by molar-refractivity contribution is -0.141. The van der Waals surface area contributed by atoms with Gasteiger partial charge in [0.2, 0.25) is 5.91 Å². The Kier molecular flexibility index (Phi) is 7.50. The molecule has 2 aliphatic heterocycles. The second-order valence-corrected chi connectivity index (χ2v) is 10.4. The van der Waals surface area contributed by atoms with Gasteiger partial charge in [-0.1, -0.05) is 50.0 Å². The molecule has 1 N–H and O–H groups in total. The first-order chi connectivity index (χ1) is 13.6. The fraction of sp³-hybridized carbons (Fsp3) is 0.682. The Bertz CT molecular complexity index is 721. The number of nitrogens with zero attached hydrogens (tertiary/aromatic N) is 3. The first kappa shape index (κ1) is 22.8. The van der Waals surface area contributed by atoms with E-state index in [2.05, 4.69) is 47.7 Å². The van der Waals surface area contributed by atoms with Crippen LogP contribution in [-0.2, 0) is 11.3 Å². The maximum atomic E-state index is 13.2. The van der Waals surface area contributed by atoms with Crippen LogP contribution in [0, 0.1) is 5.41 Å². The molecule has 0 radical (unpaired) electrons. The molecule has 162 valence electrons. The minimum absolute atomic E-state index is 0.0166. The van der Waals surface area contributed by atoms with Gasteiger partial charge in [-0.2, -0.15) is 0 Å². The Labute approximate surface area is 185 Å². The van der Waals surface area contributed by atoms with E-state index in [1.54, 1.807) is 0 Å². The molecule has 29 heavy (non-hydrogen) atoms. The van der Waals surface area contributed by atoms with Crippen LogP contribution >= 0.6 is 23.2 Å². The highest BCUT2D eigenvalue weighted by Gasteiger charge is 2.38. The van der Waals surface area contributed by atoms with Crippen LogP contribution in [0.4, 0.5) is 0 Å².